The lowest BCUT2D eigenvalue weighted by Crippen LogP contribution is -2.49. The smallest absolute Gasteiger partial charge is 0.318 e. The Labute approximate surface area is 98.5 Å². The molecule has 0 spiro atoms. The summed E-state index contributed by atoms with van der Waals surface area (Å²) in [6.07, 6.45) is 3.04. The van der Waals surface area contributed by atoms with Crippen LogP contribution in [-0.4, -0.2) is 34.0 Å². The van der Waals surface area contributed by atoms with Gasteiger partial charge in [0.1, 0.15) is 5.41 Å². The molecule has 1 aromatic heterocycles. The Balaban J connectivity index is 2.74. The number of hydrogen-bond acceptors (Lipinski definition) is 5. The van der Waals surface area contributed by atoms with Crippen molar-refractivity contribution in [3.8, 4) is 0 Å². The van der Waals surface area contributed by atoms with E-state index in [2.05, 4.69) is 15.4 Å². The Morgan fingerprint density at radius 2 is 1.88 bits per heavy atom. The van der Waals surface area contributed by atoms with Gasteiger partial charge in [-0.1, -0.05) is 0 Å². The van der Waals surface area contributed by atoms with Crippen molar-refractivity contribution < 1.29 is 14.7 Å². The second-order valence-corrected chi connectivity index (χ2v) is 3.98. The molecule has 1 rings (SSSR count). The molecule has 17 heavy (non-hydrogen) atoms. The zero-order valence-electron chi connectivity index (χ0n) is 9.84. The third-order valence-electron chi connectivity index (χ3n) is 2.22. The first-order valence-corrected chi connectivity index (χ1v) is 4.91. The van der Waals surface area contributed by atoms with Crippen molar-refractivity contribution in [1.29, 1.82) is 0 Å². The van der Waals surface area contributed by atoms with E-state index in [0.29, 0.717) is 0 Å². The van der Waals surface area contributed by atoms with Gasteiger partial charge in [0.15, 0.2) is 0 Å². The molecule has 2 N–H and O–H groups in total. The summed E-state index contributed by atoms with van der Waals surface area (Å²) in [7, 11) is 1.53. The average molecular weight is 238 g/mol. The third-order valence-corrected chi connectivity index (χ3v) is 2.22. The van der Waals surface area contributed by atoms with Gasteiger partial charge in [-0.15, -0.1) is 0 Å². The summed E-state index contributed by atoms with van der Waals surface area (Å²) in [5, 5.41) is 10.2. The van der Waals surface area contributed by atoms with Crippen molar-refractivity contribution in [2.75, 3.05) is 12.1 Å². The molecule has 7 heteroatoms. The molecule has 0 bridgehead atoms. The molecule has 0 saturated heterocycles. The lowest BCUT2D eigenvalue weighted by Gasteiger charge is -2.23. The molecule has 0 aliphatic heterocycles. The number of anilines is 1. The molecule has 0 radical (unpaired) electrons. The second kappa shape index (κ2) is 4.77. The number of carboxylic acids is 1. The van der Waals surface area contributed by atoms with Crippen LogP contribution in [0, 0.1) is 5.41 Å². The lowest BCUT2D eigenvalue weighted by atomic mass is 9.93. The van der Waals surface area contributed by atoms with Gasteiger partial charge in [-0.25, -0.2) is 9.97 Å². The van der Waals surface area contributed by atoms with Crippen LogP contribution < -0.4 is 10.4 Å². The van der Waals surface area contributed by atoms with Gasteiger partial charge in [0.25, 0.3) is 5.91 Å². The number of nitrogens with zero attached hydrogens (tertiary/aromatic N) is 3. The van der Waals surface area contributed by atoms with Gasteiger partial charge < -0.3 is 5.11 Å². The number of carboxylic acid groups (broad SMARTS) is 1. The van der Waals surface area contributed by atoms with E-state index in [0.717, 1.165) is 0 Å². The quantitative estimate of drug-likeness (QED) is 0.568. The Bertz CT molecular complexity index is 419. The first-order chi connectivity index (χ1) is 7.85. The Hall–Kier alpha value is -2.18. The van der Waals surface area contributed by atoms with Crippen LogP contribution in [0.25, 0.3) is 0 Å². The summed E-state index contributed by atoms with van der Waals surface area (Å²) < 4.78 is 0. The van der Waals surface area contributed by atoms with E-state index in [1.165, 1.54) is 38.3 Å². The molecular formula is C10H14N4O3. The van der Waals surface area contributed by atoms with E-state index < -0.39 is 17.3 Å². The molecular weight excluding hydrogens is 224 g/mol. The summed E-state index contributed by atoms with van der Waals surface area (Å²) in [5.74, 6) is -1.56. The normalized spacial score (nSPS) is 10.8. The molecule has 0 fully saturated rings. The zero-order chi connectivity index (χ0) is 13.1. The minimum absolute atomic E-state index is 0.280. The first-order valence-electron chi connectivity index (χ1n) is 4.91. The van der Waals surface area contributed by atoms with Crippen LogP contribution in [0.2, 0.25) is 0 Å². The van der Waals surface area contributed by atoms with Crippen molar-refractivity contribution in [3.05, 3.63) is 18.5 Å². The molecule has 0 aliphatic rings. The van der Waals surface area contributed by atoms with Crippen LogP contribution >= 0.6 is 0 Å². The number of carbonyl (C=O) groups is 2. The summed E-state index contributed by atoms with van der Waals surface area (Å²) in [5.41, 5.74) is 0.895. The van der Waals surface area contributed by atoms with Gasteiger partial charge in [-0.05, 0) is 19.9 Å². The summed E-state index contributed by atoms with van der Waals surface area (Å²) in [6, 6.07) is 1.64. The third kappa shape index (κ3) is 2.90. The van der Waals surface area contributed by atoms with E-state index >= 15 is 0 Å². The molecule has 1 amide bonds. The maximum Gasteiger partial charge on any atom is 0.318 e. The number of aromatic nitrogens is 2. The van der Waals surface area contributed by atoms with Crippen molar-refractivity contribution in [2.24, 2.45) is 5.41 Å². The molecule has 92 valence electrons. The van der Waals surface area contributed by atoms with E-state index in [4.69, 9.17) is 5.11 Å². The summed E-state index contributed by atoms with van der Waals surface area (Å²) >= 11 is 0. The monoisotopic (exact) mass is 238 g/mol. The van der Waals surface area contributed by atoms with Crippen molar-refractivity contribution >= 4 is 17.8 Å². The number of hydrogen-bond donors (Lipinski definition) is 2. The molecule has 1 aromatic rings. The molecule has 0 aliphatic carbocycles. The lowest BCUT2D eigenvalue weighted by molar-refractivity contribution is -0.153. The predicted molar refractivity (Wildman–Crippen MR) is 60.0 cm³/mol. The Kier molecular flexibility index (Phi) is 3.62. The molecule has 0 saturated carbocycles. The number of hydrazine groups is 1. The molecule has 0 aromatic carbocycles. The van der Waals surface area contributed by atoms with E-state index in [1.54, 1.807) is 6.07 Å². The van der Waals surface area contributed by atoms with E-state index in [1.807, 2.05) is 0 Å². The van der Waals surface area contributed by atoms with Crippen LogP contribution in [0.3, 0.4) is 0 Å². The van der Waals surface area contributed by atoms with Crippen LogP contribution in [0.4, 0.5) is 5.95 Å². The largest absolute Gasteiger partial charge is 0.480 e. The van der Waals surface area contributed by atoms with Crippen molar-refractivity contribution in [3.63, 3.8) is 0 Å². The van der Waals surface area contributed by atoms with Crippen LogP contribution in [0.15, 0.2) is 18.5 Å². The van der Waals surface area contributed by atoms with Crippen LogP contribution in [-0.2, 0) is 9.59 Å². The van der Waals surface area contributed by atoms with Gasteiger partial charge in [-0.2, -0.15) is 0 Å². The minimum atomic E-state index is -1.51. The van der Waals surface area contributed by atoms with Gasteiger partial charge in [0.2, 0.25) is 5.95 Å². The summed E-state index contributed by atoms with van der Waals surface area (Å²) in [6.45, 7) is 2.65. The number of carbonyl (C=O) groups excluding carboxylic acids is 1. The van der Waals surface area contributed by atoms with Crippen LogP contribution in [0.1, 0.15) is 13.8 Å². The maximum atomic E-state index is 11.7. The molecule has 1 heterocycles. The van der Waals surface area contributed by atoms with Crippen molar-refractivity contribution in [1.82, 2.24) is 15.4 Å². The Morgan fingerprint density at radius 3 is 2.35 bits per heavy atom. The number of amides is 1. The average Bonchev–Trinajstić information content (AvgIpc) is 2.29. The van der Waals surface area contributed by atoms with Crippen molar-refractivity contribution in [2.45, 2.75) is 13.8 Å². The highest BCUT2D eigenvalue weighted by molar-refractivity contribution is 6.01. The van der Waals surface area contributed by atoms with Gasteiger partial charge in [-0.3, -0.25) is 20.0 Å². The highest BCUT2D eigenvalue weighted by Gasteiger charge is 2.36. The van der Waals surface area contributed by atoms with E-state index in [9.17, 15) is 9.59 Å². The molecule has 0 unspecified atom stereocenters. The maximum absolute atomic E-state index is 11.7. The number of aliphatic carboxylic acids is 1. The van der Waals surface area contributed by atoms with Gasteiger partial charge >= 0.3 is 5.97 Å². The fourth-order valence-electron chi connectivity index (χ4n) is 0.904. The fourth-order valence-corrected chi connectivity index (χ4v) is 0.904. The topological polar surface area (TPSA) is 95.4 Å². The molecule has 0 atom stereocenters. The fraction of sp³-hybridized carbons (Fsp3) is 0.400. The SMILES string of the molecule is CN(NC(=O)C(C)(C)C(=O)O)c1ncccn1. The first kappa shape index (κ1) is 12.9. The standard InChI is InChI=1S/C10H14N4O3/c1-10(2,8(16)17)7(15)13-14(3)9-11-5-4-6-12-9/h4-6H,1-3H3,(H,13,15)(H,16,17). The zero-order valence-corrected chi connectivity index (χ0v) is 9.84. The highest BCUT2D eigenvalue weighted by atomic mass is 16.4. The summed E-state index contributed by atoms with van der Waals surface area (Å²) in [4.78, 5) is 30.4. The second-order valence-electron chi connectivity index (χ2n) is 3.98. The van der Waals surface area contributed by atoms with Gasteiger partial charge in [0.05, 0.1) is 0 Å². The molecule has 7 nitrogen and oxygen atoms in total. The van der Waals surface area contributed by atoms with E-state index in [-0.39, 0.29) is 5.95 Å². The number of rotatable bonds is 4. The van der Waals surface area contributed by atoms with Crippen LogP contribution in [0.5, 0.6) is 0 Å². The predicted octanol–water partition coefficient (Wildman–Crippen LogP) is 0.0548. The highest BCUT2D eigenvalue weighted by Crippen LogP contribution is 2.15. The Morgan fingerprint density at radius 1 is 1.35 bits per heavy atom. The minimum Gasteiger partial charge on any atom is -0.480 e. The number of nitrogens with one attached hydrogen (secondary N) is 1. The van der Waals surface area contributed by atoms with Gasteiger partial charge in [0, 0.05) is 19.4 Å².